The molecule has 2 N–H and O–H groups in total. The van der Waals surface area contributed by atoms with Crippen molar-refractivity contribution in [2.24, 2.45) is 0 Å². The van der Waals surface area contributed by atoms with E-state index in [0.717, 1.165) is 38.0 Å². The Morgan fingerprint density at radius 3 is 2.30 bits per heavy atom. The van der Waals surface area contributed by atoms with E-state index in [2.05, 4.69) is 34.5 Å². The summed E-state index contributed by atoms with van der Waals surface area (Å²) in [5.74, 6) is 1.09. The van der Waals surface area contributed by atoms with Gasteiger partial charge in [-0.15, -0.1) is 0 Å². The van der Waals surface area contributed by atoms with Crippen LogP contribution in [-0.4, -0.2) is 48.3 Å². The maximum Gasteiger partial charge on any atom is 0.251 e. The number of rotatable bonds is 9. The fraction of sp³-hybridized carbons (Fsp3) is 0.458. The fourth-order valence-corrected chi connectivity index (χ4v) is 3.57. The zero-order chi connectivity index (χ0) is 21.3. The van der Waals surface area contributed by atoms with Gasteiger partial charge in [0.25, 0.3) is 5.91 Å². The second-order valence-corrected chi connectivity index (χ2v) is 7.53. The van der Waals surface area contributed by atoms with Crippen LogP contribution < -0.4 is 14.8 Å². The largest absolute Gasteiger partial charge is 0.490 e. The summed E-state index contributed by atoms with van der Waals surface area (Å²) >= 11 is 0. The Bertz CT molecular complexity index is 814. The third-order valence-corrected chi connectivity index (χ3v) is 5.24. The number of hydrogen-bond acceptors (Lipinski definition) is 5. The number of amides is 1. The minimum Gasteiger partial charge on any atom is -0.490 e. The van der Waals surface area contributed by atoms with Crippen molar-refractivity contribution in [3.8, 4) is 11.5 Å². The minimum absolute atomic E-state index is 0.144. The summed E-state index contributed by atoms with van der Waals surface area (Å²) in [5, 5.41) is 12.6. The van der Waals surface area contributed by atoms with E-state index in [1.165, 1.54) is 5.56 Å². The van der Waals surface area contributed by atoms with Crippen LogP contribution in [0.3, 0.4) is 0 Å². The van der Waals surface area contributed by atoms with Gasteiger partial charge in [0.15, 0.2) is 11.5 Å². The molecule has 0 bridgehead atoms. The third-order valence-electron chi connectivity index (χ3n) is 5.24. The first-order valence-corrected chi connectivity index (χ1v) is 10.7. The molecule has 0 atom stereocenters. The summed E-state index contributed by atoms with van der Waals surface area (Å²) in [6.07, 6.45) is 1.55. The molecule has 6 nitrogen and oxygen atoms in total. The van der Waals surface area contributed by atoms with Gasteiger partial charge in [0.2, 0.25) is 0 Å². The van der Waals surface area contributed by atoms with E-state index < -0.39 is 0 Å². The maximum atomic E-state index is 12.6. The summed E-state index contributed by atoms with van der Waals surface area (Å²) in [7, 11) is 0. The van der Waals surface area contributed by atoms with E-state index in [4.69, 9.17) is 9.47 Å². The summed E-state index contributed by atoms with van der Waals surface area (Å²) in [4.78, 5) is 14.9. The minimum atomic E-state index is -0.146. The van der Waals surface area contributed by atoms with Gasteiger partial charge in [0.05, 0.1) is 19.3 Å². The Balaban J connectivity index is 1.53. The van der Waals surface area contributed by atoms with Crippen LogP contribution >= 0.6 is 0 Å². The zero-order valence-electron chi connectivity index (χ0n) is 17.9. The van der Waals surface area contributed by atoms with Crippen molar-refractivity contribution in [3.63, 3.8) is 0 Å². The number of piperidine rings is 1. The first-order chi connectivity index (χ1) is 14.6. The first-order valence-electron chi connectivity index (χ1n) is 10.7. The van der Waals surface area contributed by atoms with Crippen LogP contribution in [0.2, 0.25) is 0 Å². The lowest BCUT2D eigenvalue weighted by atomic mass is 10.1. The molecule has 0 aromatic heterocycles. The number of carbonyl (C=O) groups excluding carboxylic acids is 1. The molecule has 6 heteroatoms. The number of likely N-dealkylation sites (tertiary alicyclic amines) is 1. The summed E-state index contributed by atoms with van der Waals surface area (Å²) in [5.41, 5.74) is 2.84. The van der Waals surface area contributed by atoms with Crippen molar-refractivity contribution in [3.05, 3.63) is 59.2 Å². The van der Waals surface area contributed by atoms with Crippen molar-refractivity contribution in [1.82, 2.24) is 10.2 Å². The number of carbonyl (C=O) groups is 1. The van der Waals surface area contributed by atoms with Gasteiger partial charge in [0, 0.05) is 31.7 Å². The van der Waals surface area contributed by atoms with Gasteiger partial charge in [-0.3, -0.25) is 9.69 Å². The van der Waals surface area contributed by atoms with E-state index in [1.807, 2.05) is 13.8 Å². The normalized spacial score (nSPS) is 15.0. The summed E-state index contributed by atoms with van der Waals surface area (Å²) in [6, 6.07) is 13.6. The molecule has 1 saturated heterocycles. The molecule has 1 fully saturated rings. The second kappa shape index (κ2) is 11.0. The molecule has 30 heavy (non-hydrogen) atoms. The van der Waals surface area contributed by atoms with E-state index in [1.54, 1.807) is 18.2 Å². The highest BCUT2D eigenvalue weighted by atomic mass is 16.5. The molecular formula is C24H32N2O4. The van der Waals surface area contributed by atoms with Crippen LogP contribution in [0.15, 0.2) is 42.5 Å². The number of benzene rings is 2. The summed E-state index contributed by atoms with van der Waals surface area (Å²) < 4.78 is 11.2. The standard InChI is InChI=1S/C24H32N2O4/c1-3-29-22-10-9-20(15-23(22)30-4-2)24(28)25-16-18-5-7-19(8-6-18)17-26-13-11-21(27)12-14-26/h5-10,15,21,27H,3-4,11-14,16-17H2,1-2H3,(H,25,28). The van der Waals surface area contributed by atoms with Gasteiger partial charge in [-0.05, 0) is 56.0 Å². The molecule has 0 unspecified atom stereocenters. The van der Waals surface area contributed by atoms with E-state index in [0.29, 0.717) is 36.8 Å². The smallest absolute Gasteiger partial charge is 0.251 e. The van der Waals surface area contributed by atoms with Gasteiger partial charge >= 0.3 is 0 Å². The topological polar surface area (TPSA) is 71.0 Å². The van der Waals surface area contributed by atoms with Crippen LogP contribution in [0.25, 0.3) is 0 Å². The molecule has 3 rings (SSSR count). The number of aliphatic hydroxyl groups is 1. The molecule has 0 spiro atoms. The van der Waals surface area contributed by atoms with Crippen LogP contribution in [0.4, 0.5) is 0 Å². The van der Waals surface area contributed by atoms with Crippen molar-refractivity contribution < 1.29 is 19.4 Å². The lowest BCUT2D eigenvalue weighted by Gasteiger charge is -2.29. The number of nitrogens with zero attached hydrogens (tertiary/aromatic N) is 1. The highest BCUT2D eigenvalue weighted by molar-refractivity contribution is 5.94. The highest BCUT2D eigenvalue weighted by Gasteiger charge is 2.17. The SMILES string of the molecule is CCOc1ccc(C(=O)NCc2ccc(CN3CCC(O)CC3)cc2)cc1OCC. The average molecular weight is 413 g/mol. The molecule has 1 aliphatic rings. The van der Waals surface area contributed by atoms with E-state index in [-0.39, 0.29) is 12.0 Å². The molecule has 0 radical (unpaired) electrons. The molecule has 2 aromatic carbocycles. The molecular weight excluding hydrogens is 380 g/mol. The number of aliphatic hydroxyl groups excluding tert-OH is 1. The Labute approximate surface area is 178 Å². The van der Waals surface area contributed by atoms with Crippen LogP contribution in [0.1, 0.15) is 48.2 Å². The van der Waals surface area contributed by atoms with Crippen molar-refractivity contribution >= 4 is 5.91 Å². The Morgan fingerprint density at radius 1 is 1.00 bits per heavy atom. The van der Waals surface area contributed by atoms with Crippen LogP contribution in [-0.2, 0) is 13.1 Å². The van der Waals surface area contributed by atoms with Crippen LogP contribution in [0.5, 0.6) is 11.5 Å². The van der Waals surface area contributed by atoms with E-state index >= 15 is 0 Å². The van der Waals surface area contributed by atoms with Gasteiger partial charge in [-0.2, -0.15) is 0 Å². The second-order valence-electron chi connectivity index (χ2n) is 7.53. The number of ether oxygens (including phenoxy) is 2. The quantitative estimate of drug-likeness (QED) is 0.661. The first kappa shape index (κ1) is 22.1. The fourth-order valence-electron chi connectivity index (χ4n) is 3.57. The monoisotopic (exact) mass is 412 g/mol. The average Bonchev–Trinajstić information content (AvgIpc) is 2.76. The Morgan fingerprint density at radius 2 is 1.63 bits per heavy atom. The number of hydrogen-bond donors (Lipinski definition) is 2. The summed E-state index contributed by atoms with van der Waals surface area (Å²) in [6.45, 7) is 8.10. The van der Waals surface area contributed by atoms with Crippen molar-refractivity contribution in [2.45, 2.75) is 45.9 Å². The molecule has 1 amide bonds. The van der Waals surface area contributed by atoms with Crippen LogP contribution in [0, 0.1) is 0 Å². The zero-order valence-corrected chi connectivity index (χ0v) is 17.9. The third kappa shape index (κ3) is 6.21. The predicted octanol–water partition coefficient (Wildman–Crippen LogP) is 3.37. The van der Waals surface area contributed by atoms with Gasteiger partial charge in [-0.1, -0.05) is 24.3 Å². The molecule has 0 aliphatic carbocycles. The van der Waals surface area contributed by atoms with Gasteiger partial charge in [-0.25, -0.2) is 0 Å². The van der Waals surface area contributed by atoms with Crippen molar-refractivity contribution in [1.29, 1.82) is 0 Å². The number of nitrogens with one attached hydrogen (secondary N) is 1. The predicted molar refractivity (Wildman–Crippen MR) is 117 cm³/mol. The Kier molecular flexibility index (Phi) is 8.11. The van der Waals surface area contributed by atoms with Gasteiger partial charge in [0.1, 0.15) is 0 Å². The molecule has 162 valence electrons. The Hall–Kier alpha value is -2.57. The van der Waals surface area contributed by atoms with E-state index in [9.17, 15) is 9.90 Å². The maximum absolute atomic E-state index is 12.6. The highest BCUT2D eigenvalue weighted by Crippen LogP contribution is 2.28. The lowest BCUT2D eigenvalue weighted by Crippen LogP contribution is -2.35. The molecule has 1 heterocycles. The lowest BCUT2D eigenvalue weighted by molar-refractivity contribution is 0.0792. The molecule has 1 aliphatic heterocycles. The molecule has 0 saturated carbocycles. The molecule has 2 aromatic rings. The van der Waals surface area contributed by atoms with Crippen molar-refractivity contribution in [2.75, 3.05) is 26.3 Å². The van der Waals surface area contributed by atoms with Gasteiger partial charge < -0.3 is 19.9 Å².